The van der Waals surface area contributed by atoms with Gasteiger partial charge in [-0.3, -0.25) is 4.79 Å². The Balaban J connectivity index is 3.72. The van der Waals surface area contributed by atoms with Crippen LogP contribution in [0.25, 0.3) is 0 Å². The monoisotopic (exact) mass is 254 g/mol. The highest BCUT2D eigenvalue weighted by atomic mass is 127. The first kappa shape index (κ1) is 10.4. The molecule has 0 amide bonds. The minimum atomic E-state index is 0.292. The Bertz CT molecular complexity index is 110. The number of carbonyl (C=O) groups is 1. The van der Waals surface area contributed by atoms with Gasteiger partial charge in [-0.1, -0.05) is 20.8 Å². The van der Waals surface area contributed by atoms with Gasteiger partial charge in [0.25, 0.3) is 0 Å². The van der Waals surface area contributed by atoms with Crippen LogP contribution in [0.2, 0.25) is 0 Å². The second-order valence-electron chi connectivity index (χ2n) is 3.04. The second kappa shape index (κ2) is 5.10. The minimum Gasteiger partial charge on any atom is -0.287 e. The molecule has 1 nitrogen and oxygen atoms in total. The van der Waals surface area contributed by atoms with Crippen molar-refractivity contribution in [1.82, 2.24) is 0 Å². The topological polar surface area (TPSA) is 17.1 Å². The van der Waals surface area contributed by atoms with E-state index in [1.54, 1.807) is 0 Å². The summed E-state index contributed by atoms with van der Waals surface area (Å²) in [6.45, 7) is 6.38. The summed E-state index contributed by atoms with van der Waals surface area (Å²) in [5.41, 5.74) is 0. The molecule has 10 heavy (non-hydrogen) atoms. The van der Waals surface area contributed by atoms with Gasteiger partial charge in [-0.25, -0.2) is 0 Å². The van der Waals surface area contributed by atoms with E-state index in [0.29, 0.717) is 15.6 Å². The van der Waals surface area contributed by atoms with E-state index in [0.717, 1.165) is 12.8 Å². The molecule has 0 heterocycles. The summed E-state index contributed by atoms with van der Waals surface area (Å²) in [7, 11) is 0. The van der Waals surface area contributed by atoms with Gasteiger partial charge in [0, 0.05) is 5.92 Å². The molecule has 0 aromatic rings. The minimum absolute atomic E-state index is 0.292. The summed E-state index contributed by atoms with van der Waals surface area (Å²) in [6, 6.07) is 0. The van der Waals surface area contributed by atoms with Crippen LogP contribution in [0.3, 0.4) is 0 Å². The zero-order chi connectivity index (χ0) is 8.15. The van der Waals surface area contributed by atoms with Crippen molar-refractivity contribution in [1.29, 1.82) is 0 Å². The molecule has 60 valence electrons. The standard InChI is InChI=1S/C8H15IO/c1-4-7(8(9)10)5-6(2)3/h6-7H,4-5H2,1-3H3/t7-/m1/s1. The van der Waals surface area contributed by atoms with Gasteiger partial charge in [-0.15, -0.1) is 0 Å². The van der Waals surface area contributed by atoms with E-state index in [1.807, 2.05) is 22.6 Å². The molecule has 0 N–H and O–H groups in total. The Hall–Kier alpha value is 0.400. The summed E-state index contributed by atoms with van der Waals surface area (Å²) in [5.74, 6) is 0.935. The van der Waals surface area contributed by atoms with Crippen molar-refractivity contribution >= 4 is 26.4 Å². The van der Waals surface area contributed by atoms with Crippen LogP contribution < -0.4 is 0 Å². The molecule has 0 rings (SSSR count). The molecule has 0 radical (unpaired) electrons. The fourth-order valence-electron chi connectivity index (χ4n) is 0.989. The fourth-order valence-corrected chi connectivity index (χ4v) is 1.68. The fraction of sp³-hybridized carbons (Fsp3) is 0.875. The van der Waals surface area contributed by atoms with Gasteiger partial charge < -0.3 is 0 Å². The Morgan fingerprint density at radius 1 is 1.50 bits per heavy atom. The number of carbonyl (C=O) groups excluding carboxylic acids is 1. The van der Waals surface area contributed by atoms with Crippen LogP contribution in [0.4, 0.5) is 0 Å². The molecule has 1 atom stereocenters. The summed E-state index contributed by atoms with van der Waals surface area (Å²) in [4.78, 5) is 10.9. The van der Waals surface area contributed by atoms with Gasteiger partial charge in [-0.2, -0.15) is 0 Å². The lowest BCUT2D eigenvalue weighted by molar-refractivity contribution is -0.113. The smallest absolute Gasteiger partial charge is 0.195 e. The molecule has 0 unspecified atom stereocenters. The molecule has 0 aliphatic rings. The lowest BCUT2D eigenvalue weighted by Crippen LogP contribution is -2.09. The summed E-state index contributed by atoms with van der Waals surface area (Å²) in [5, 5.41) is 0. The molecule has 0 aromatic carbocycles. The van der Waals surface area contributed by atoms with E-state index in [9.17, 15) is 4.79 Å². The lowest BCUT2D eigenvalue weighted by Gasteiger charge is -2.11. The van der Waals surface area contributed by atoms with Crippen molar-refractivity contribution in [3.63, 3.8) is 0 Å². The molecule has 0 aromatic heterocycles. The highest BCUT2D eigenvalue weighted by molar-refractivity contribution is 14.1. The Morgan fingerprint density at radius 2 is 2.00 bits per heavy atom. The molecule has 0 aliphatic carbocycles. The predicted molar refractivity (Wildman–Crippen MR) is 52.3 cm³/mol. The van der Waals surface area contributed by atoms with Gasteiger partial charge in [0.15, 0.2) is 3.79 Å². The van der Waals surface area contributed by atoms with Crippen molar-refractivity contribution in [3.05, 3.63) is 0 Å². The average molecular weight is 254 g/mol. The van der Waals surface area contributed by atoms with Crippen molar-refractivity contribution in [2.24, 2.45) is 11.8 Å². The largest absolute Gasteiger partial charge is 0.287 e. The number of hydrogen-bond donors (Lipinski definition) is 0. The van der Waals surface area contributed by atoms with E-state index >= 15 is 0 Å². The first-order valence-electron chi connectivity index (χ1n) is 3.77. The Morgan fingerprint density at radius 3 is 2.10 bits per heavy atom. The van der Waals surface area contributed by atoms with Gasteiger partial charge >= 0.3 is 0 Å². The van der Waals surface area contributed by atoms with Crippen LogP contribution >= 0.6 is 22.6 Å². The number of rotatable bonds is 4. The molecule has 0 aliphatic heterocycles. The average Bonchev–Trinajstić information content (AvgIpc) is 1.81. The van der Waals surface area contributed by atoms with Crippen LogP contribution in [0.15, 0.2) is 0 Å². The molecule has 0 saturated heterocycles. The molecular formula is C8H15IO. The van der Waals surface area contributed by atoms with Crippen molar-refractivity contribution < 1.29 is 4.79 Å². The first-order valence-corrected chi connectivity index (χ1v) is 4.85. The van der Waals surface area contributed by atoms with Gasteiger partial charge in [-0.05, 0) is 41.4 Å². The van der Waals surface area contributed by atoms with E-state index < -0.39 is 0 Å². The zero-order valence-corrected chi connectivity index (χ0v) is 9.01. The van der Waals surface area contributed by atoms with Crippen molar-refractivity contribution in [2.45, 2.75) is 33.6 Å². The number of halogens is 1. The van der Waals surface area contributed by atoms with Crippen LogP contribution in [0.5, 0.6) is 0 Å². The van der Waals surface area contributed by atoms with Gasteiger partial charge in [0.05, 0.1) is 0 Å². The quantitative estimate of drug-likeness (QED) is 0.556. The molecule has 0 spiro atoms. The molecule has 0 bridgehead atoms. The molecular weight excluding hydrogens is 239 g/mol. The normalized spacial score (nSPS) is 13.7. The van der Waals surface area contributed by atoms with Crippen LogP contribution in [0, 0.1) is 11.8 Å². The van der Waals surface area contributed by atoms with Gasteiger partial charge in [0.1, 0.15) is 0 Å². The van der Waals surface area contributed by atoms with E-state index in [-0.39, 0.29) is 0 Å². The highest BCUT2D eigenvalue weighted by Crippen LogP contribution is 2.18. The second-order valence-corrected chi connectivity index (χ2v) is 4.10. The molecule has 0 fully saturated rings. The maximum absolute atomic E-state index is 10.9. The van der Waals surface area contributed by atoms with Gasteiger partial charge in [0.2, 0.25) is 0 Å². The summed E-state index contributed by atoms with van der Waals surface area (Å²) >= 11 is 1.90. The third kappa shape index (κ3) is 4.25. The van der Waals surface area contributed by atoms with Crippen LogP contribution in [0.1, 0.15) is 33.6 Å². The highest BCUT2D eigenvalue weighted by Gasteiger charge is 2.13. The molecule has 0 saturated carbocycles. The Kier molecular flexibility index (Phi) is 5.31. The third-order valence-corrected chi connectivity index (χ3v) is 2.45. The van der Waals surface area contributed by atoms with Crippen molar-refractivity contribution in [3.8, 4) is 0 Å². The SMILES string of the molecule is CC[C@H](CC(C)C)C(=O)I. The Labute approximate surface area is 76.7 Å². The van der Waals surface area contributed by atoms with Crippen LogP contribution in [-0.2, 0) is 4.79 Å². The maximum atomic E-state index is 10.9. The van der Waals surface area contributed by atoms with Crippen LogP contribution in [-0.4, -0.2) is 3.79 Å². The maximum Gasteiger partial charge on any atom is 0.195 e. The zero-order valence-electron chi connectivity index (χ0n) is 6.86. The van der Waals surface area contributed by atoms with E-state index in [1.165, 1.54) is 0 Å². The molecule has 2 heteroatoms. The predicted octanol–water partition coefficient (Wildman–Crippen LogP) is 3.02. The third-order valence-electron chi connectivity index (χ3n) is 1.57. The van der Waals surface area contributed by atoms with Crippen molar-refractivity contribution in [2.75, 3.05) is 0 Å². The van der Waals surface area contributed by atoms with E-state index in [2.05, 4.69) is 20.8 Å². The lowest BCUT2D eigenvalue weighted by atomic mass is 9.96. The number of hydrogen-bond acceptors (Lipinski definition) is 1. The van der Waals surface area contributed by atoms with E-state index in [4.69, 9.17) is 0 Å². The summed E-state index contributed by atoms with van der Waals surface area (Å²) in [6.07, 6.45) is 2.03. The summed E-state index contributed by atoms with van der Waals surface area (Å²) < 4.78 is 0.314. The first-order chi connectivity index (χ1) is 4.57.